The number of nitrogens with zero attached hydrogens (tertiary/aromatic N) is 5. The van der Waals surface area contributed by atoms with Gasteiger partial charge in [-0.25, -0.2) is 4.98 Å². The van der Waals surface area contributed by atoms with E-state index in [1.54, 1.807) is 0 Å². The fourth-order valence-electron chi connectivity index (χ4n) is 4.17. The first-order valence-electron chi connectivity index (χ1n) is 10.2. The summed E-state index contributed by atoms with van der Waals surface area (Å²) in [5, 5.41) is 10.9. The van der Waals surface area contributed by atoms with Crippen LogP contribution < -0.4 is 15.4 Å². The molecule has 0 unspecified atom stereocenters. The van der Waals surface area contributed by atoms with Crippen LogP contribution in [0.2, 0.25) is 0 Å². The first-order chi connectivity index (χ1) is 14.7. The number of hydrogen-bond donors (Lipinski definition) is 1. The highest BCUT2D eigenvalue weighted by Gasteiger charge is 2.19. The van der Waals surface area contributed by atoms with Gasteiger partial charge in [-0.15, -0.1) is 0 Å². The van der Waals surface area contributed by atoms with Crippen molar-refractivity contribution in [2.24, 2.45) is 0 Å². The zero-order chi connectivity index (χ0) is 20.5. The van der Waals surface area contributed by atoms with Crippen LogP contribution in [0.15, 0.2) is 65.8 Å². The van der Waals surface area contributed by atoms with Crippen LogP contribution in [-0.2, 0) is 6.54 Å². The summed E-state index contributed by atoms with van der Waals surface area (Å²) in [7, 11) is 0. The van der Waals surface area contributed by atoms with Gasteiger partial charge in [0.1, 0.15) is 0 Å². The SMILES string of the molecule is O=c1c2ccc(N3CCN(c4ccnc5ccccc45)CC3)cc2ncn1CCO. The number of benzene rings is 2. The van der Waals surface area contributed by atoms with Crippen molar-refractivity contribution < 1.29 is 5.11 Å². The molecule has 0 radical (unpaired) electrons. The van der Waals surface area contributed by atoms with Crippen molar-refractivity contribution in [2.75, 3.05) is 42.6 Å². The molecule has 30 heavy (non-hydrogen) atoms. The number of aliphatic hydroxyl groups excluding tert-OH is 1. The largest absolute Gasteiger partial charge is 0.395 e. The van der Waals surface area contributed by atoms with Crippen LogP contribution in [0.4, 0.5) is 11.4 Å². The molecule has 0 bridgehead atoms. The van der Waals surface area contributed by atoms with Crippen LogP contribution in [0.1, 0.15) is 0 Å². The predicted octanol–water partition coefficient (Wildman–Crippen LogP) is 2.26. The third kappa shape index (κ3) is 3.27. The summed E-state index contributed by atoms with van der Waals surface area (Å²) < 4.78 is 1.44. The maximum absolute atomic E-state index is 12.5. The maximum atomic E-state index is 12.5. The van der Waals surface area contributed by atoms with E-state index in [0.29, 0.717) is 10.9 Å². The molecule has 2 aromatic carbocycles. The van der Waals surface area contributed by atoms with E-state index in [1.165, 1.54) is 22.0 Å². The summed E-state index contributed by atoms with van der Waals surface area (Å²) in [6.45, 7) is 3.79. The first kappa shape index (κ1) is 18.6. The van der Waals surface area contributed by atoms with Gasteiger partial charge in [-0.05, 0) is 30.3 Å². The maximum Gasteiger partial charge on any atom is 0.261 e. The molecule has 1 fully saturated rings. The standard InChI is InChI=1S/C23H23N5O2/c29-14-13-28-16-25-21-15-17(5-6-19(21)23(28)30)26-9-11-27(12-10-26)22-7-8-24-20-4-2-1-3-18(20)22/h1-8,15-16,29H,9-14H2. The number of pyridine rings is 1. The van der Waals surface area contributed by atoms with Crippen LogP contribution in [0, 0.1) is 0 Å². The van der Waals surface area contributed by atoms with Gasteiger partial charge in [0.25, 0.3) is 5.56 Å². The van der Waals surface area contributed by atoms with E-state index in [0.717, 1.165) is 37.4 Å². The van der Waals surface area contributed by atoms with Crippen molar-refractivity contribution in [1.82, 2.24) is 14.5 Å². The van der Waals surface area contributed by atoms with Gasteiger partial charge >= 0.3 is 0 Å². The van der Waals surface area contributed by atoms with Gasteiger partial charge in [0.2, 0.25) is 0 Å². The molecular weight excluding hydrogens is 378 g/mol. The highest BCUT2D eigenvalue weighted by Crippen LogP contribution is 2.27. The minimum Gasteiger partial charge on any atom is -0.395 e. The minimum atomic E-state index is -0.116. The molecular formula is C23H23N5O2. The Bertz CT molecular complexity index is 1260. The number of aliphatic hydroxyl groups is 1. The van der Waals surface area contributed by atoms with E-state index < -0.39 is 0 Å². The number of fused-ring (bicyclic) bond motifs is 2. The Morgan fingerprint density at radius 1 is 0.867 bits per heavy atom. The number of para-hydroxylation sites is 1. The monoisotopic (exact) mass is 401 g/mol. The van der Waals surface area contributed by atoms with Crippen LogP contribution in [0.5, 0.6) is 0 Å². The van der Waals surface area contributed by atoms with E-state index in [2.05, 4.69) is 38.0 Å². The zero-order valence-corrected chi connectivity index (χ0v) is 16.6. The first-order valence-corrected chi connectivity index (χ1v) is 10.2. The lowest BCUT2D eigenvalue weighted by molar-refractivity contribution is 0.274. The fraction of sp³-hybridized carbons (Fsp3) is 0.261. The Labute approximate surface area is 173 Å². The average Bonchev–Trinajstić information content (AvgIpc) is 2.80. The smallest absolute Gasteiger partial charge is 0.261 e. The highest BCUT2D eigenvalue weighted by molar-refractivity contribution is 5.91. The number of rotatable bonds is 4. The van der Waals surface area contributed by atoms with E-state index in [4.69, 9.17) is 5.11 Å². The lowest BCUT2D eigenvalue weighted by Crippen LogP contribution is -2.46. The second-order valence-corrected chi connectivity index (χ2v) is 7.49. The van der Waals surface area contributed by atoms with Gasteiger partial charge in [-0.2, -0.15) is 0 Å². The van der Waals surface area contributed by atoms with E-state index in [-0.39, 0.29) is 18.7 Å². The molecule has 7 nitrogen and oxygen atoms in total. The second-order valence-electron chi connectivity index (χ2n) is 7.49. The summed E-state index contributed by atoms with van der Waals surface area (Å²) in [4.78, 5) is 26.1. The molecule has 2 aromatic heterocycles. The molecule has 1 N–H and O–H groups in total. The van der Waals surface area contributed by atoms with Crippen molar-refractivity contribution in [3.05, 3.63) is 71.4 Å². The van der Waals surface area contributed by atoms with Gasteiger partial charge in [-0.3, -0.25) is 14.3 Å². The summed E-state index contributed by atoms with van der Waals surface area (Å²) in [5.41, 5.74) is 3.90. The molecule has 1 aliphatic rings. The lowest BCUT2D eigenvalue weighted by atomic mass is 10.1. The topological polar surface area (TPSA) is 74.5 Å². The van der Waals surface area contributed by atoms with E-state index in [1.807, 2.05) is 36.5 Å². The third-order valence-corrected chi connectivity index (χ3v) is 5.76. The molecule has 0 amide bonds. The van der Waals surface area contributed by atoms with Crippen molar-refractivity contribution in [3.63, 3.8) is 0 Å². The van der Waals surface area contributed by atoms with Crippen molar-refractivity contribution in [1.29, 1.82) is 0 Å². The second kappa shape index (κ2) is 7.76. The molecule has 3 heterocycles. The third-order valence-electron chi connectivity index (χ3n) is 5.76. The molecule has 7 heteroatoms. The summed E-state index contributed by atoms with van der Waals surface area (Å²) >= 11 is 0. The normalized spacial score (nSPS) is 14.6. The molecule has 0 atom stereocenters. The van der Waals surface area contributed by atoms with Crippen molar-refractivity contribution in [3.8, 4) is 0 Å². The van der Waals surface area contributed by atoms with Gasteiger partial charge in [-0.1, -0.05) is 18.2 Å². The van der Waals surface area contributed by atoms with Crippen molar-refractivity contribution in [2.45, 2.75) is 6.54 Å². The molecule has 1 saturated heterocycles. The Morgan fingerprint density at radius 3 is 2.50 bits per heavy atom. The Balaban J connectivity index is 1.37. The molecule has 0 aliphatic carbocycles. The number of anilines is 2. The summed E-state index contributed by atoms with van der Waals surface area (Å²) in [6, 6.07) is 16.2. The Hall–Kier alpha value is -3.45. The number of piperazine rings is 1. The van der Waals surface area contributed by atoms with Crippen molar-refractivity contribution >= 4 is 33.2 Å². The molecule has 152 valence electrons. The van der Waals surface area contributed by atoms with Gasteiger partial charge in [0, 0.05) is 49.1 Å². The zero-order valence-electron chi connectivity index (χ0n) is 16.6. The molecule has 0 spiro atoms. The van der Waals surface area contributed by atoms with E-state index >= 15 is 0 Å². The molecule has 4 aromatic rings. The van der Waals surface area contributed by atoms with Crippen LogP contribution in [0.25, 0.3) is 21.8 Å². The lowest BCUT2D eigenvalue weighted by Gasteiger charge is -2.37. The van der Waals surface area contributed by atoms with Gasteiger partial charge in [0.15, 0.2) is 0 Å². The number of hydrogen-bond acceptors (Lipinski definition) is 6. The molecule has 0 saturated carbocycles. The molecule has 5 rings (SSSR count). The van der Waals surface area contributed by atoms with E-state index in [9.17, 15) is 4.79 Å². The summed E-state index contributed by atoms with van der Waals surface area (Å²) in [6.07, 6.45) is 3.39. The summed E-state index contributed by atoms with van der Waals surface area (Å²) in [5.74, 6) is 0. The van der Waals surface area contributed by atoms with Gasteiger partial charge in [0.05, 0.1) is 35.9 Å². The predicted molar refractivity (Wildman–Crippen MR) is 119 cm³/mol. The Morgan fingerprint density at radius 2 is 1.67 bits per heavy atom. The van der Waals surface area contributed by atoms with Crippen LogP contribution >= 0.6 is 0 Å². The van der Waals surface area contributed by atoms with Gasteiger partial charge < -0.3 is 14.9 Å². The minimum absolute atomic E-state index is 0.0811. The van der Waals surface area contributed by atoms with Crippen LogP contribution in [0.3, 0.4) is 0 Å². The quantitative estimate of drug-likeness (QED) is 0.566. The van der Waals surface area contributed by atoms with Crippen LogP contribution in [-0.4, -0.2) is 52.4 Å². The molecule has 1 aliphatic heterocycles. The highest BCUT2D eigenvalue weighted by atomic mass is 16.3. The fourth-order valence-corrected chi connectivity index (χ4v) is 4.17. The average molecular weight is 401 g/mol. The Kier molecular flexibility index (Phi) is 4.80. The number of aromatic nitrogens is 3.